The fourth-order valence-corrected chi connectivity index (χ4v) is 1.84. The van der Waals surface area contributed by atoms with Crippen molar-refractivity contribution in [3.63, 3.8) is 0 Å². The highest BCUT2D eigenvalue weighted by molar-refractivity contribution is 5.94. The van der Waals surface area contributed by atoms with Crippen LogP contribution in [0.2, 0.25) is 0 Å². The van der Waals surface area contributed by atoms with E-state index in [1.165, 1.54) is 0 Å². The minimum absolute atomic E-state index is 0.0192. The van der Waals surface area contributed by atoms with E-state index in [0.717, 1.165) is 12.0 Å². The van der Waals surface area contributed by atoms with E-state index in [1.54, 1.807) is 24.3 Å². The summed E-state index contributed by atoms with van der Waals surface area (Å²) in [7, 11) is 0. The minimum atomic E-state index is -0.698. The number of rotatable bonds is 2. The zero-order valence-electron chi connectivity index (χ0n) is 9.68. The predicted octanol–water partition coefficient (Wildman–Crippen LogP) is 2.52. The number of ether oxygens (including phenoxy) is 1. The van der Waals surface area contributed by atoms with Crippen LogP contribution in [0, 0.1) is 0 Å². The van der Waals surface area contributed by atoms with E-state index in [1.807, 2.05) is 19.1 Å². The van der Waals surface area contributed by atoms with Crippen molar-refractivity contribution < 1.29 is 14.3 Å². The van der Waals surface area contributed by atoms with Crippen molar-refractivity contribution in [2.45, 2.75) is 25.9 Å². The van der Waals surface area contributed by atoms with Gasteiger partial charge in [0.05, 0.1) is 5.56 Å². The Balaban J connectivity index is 2.11. The van der Waals surface area contributed by atoms with Gasteiger partial charge in [-0.25, -0.2) is 4.79 Å². The highest BCUT2D eigenvalue weighted by Crippen LogP contribution is 2.19. The number of benzene rings is 1. The van der Waals surface area contributed by atoms with Crippen molar-refractivity contribution in [1.29, 1.82) is 0 Å². The summed E-state index contributed by atoms with van der Waals surface area (Å²) < 4.78 is 5.25. The monoisotopic (exact) mass is 230 g/mol. The smallest absolute Gasteiger partial charge is 0.339 e. The highest BCUT2D eigenvalue weighted by Gasteiger charge is 2.27. The van der Waals surface area contributed by atoms with Crippen LogP contribution < -0.4 is 0 Å². The molecule has 0 saturated carbocycles. The Morgan fingerprint density at radius 1 is 1.29 bits per heavy atom. The second-order valence-corrected chi connectivity index (χ2v) is 4.10. The largest absolute Gasteiger partial charge is 0.446 e. The second-order valence-electron chi connectivity index (χ2n) is 4.10. The molecule has 1 aliphatic carbocycles. The van der Waals surface area contributed by atoms with E-state index in [0.29, 0.717) is 12.0 Å². The van der Waals surface area contributed by atoms with Crippen LogP contribution in [0.5, 0.6) is 0 Å². The first-order chi connectivity index (χ1) is 8.18. The molecule has 0 N–H and O–H groups in total. The van der Waals surface area contributed by atoms with E-state index >= 15 is 0 Å². The second kappa shape index (κ2) is 4.95. The summed E-state index contributed by atoms with van der Waals surface area (Å²) in [5, 5.41) is 0. The van der Waals surface area contributed by atoms with Gasteiger partial charge in [-0.3, -0.25) is 4.79 Å². The van der Waals surface area contributed by atoms with Crippen LogP contribution in [-0.4, -0.2) is 17.9 Å². The molecule has 0 fully saturated rings. The molecular formula is C14H14O3. The SMILES string of the molecule is CC1=CCCC(=O)C1OC(=O)c1ccccc1. The van der Waals surface area contributed by atoms with Crippen LogP contribution in [-0.2, 0) is 9.53 Å². The number of hydrogen-bond acceptors (Lipinski definition) is 3. The van der Waals surface area contributed by atoms with Crippen molar-refractivity contribution >= 4 is 11.8 Å². The molecule has 3 nitrogen and oxygen atoms in total. The zero-order chi connectivity index (χ0) is 12.3. The maximum Gasteiger partial charge on any atom is 0.339 e. The lowest BCUT2D eigenvalue weighted by atomic mass is 9.96. The molecule has 1 aromatic rings. The topological polar surface area (TPSA) is 43.4 Å². The van der Waals surface area contributed by atoms with Gasteiger partial charge in [0, 0.05) is 6.42 Å². The molecule has 0 saturated heterocycles. The molecule has 0 radical (unpaired) electrons. The highest BCUT2D eigenvalue weighted by atomic mass is 16.5. The van der Waals surface area contributed by atoms with Crippen molar-refractivity contribution in [3.05, 3.63) is 47.5 Å². The van der Waals surface area contributed by atoms with Crippen molar-refractivity contribution in [2.75, 3.05) is 0 Å². The molecular weight excluding hydrogens is 216 g/mol. The molecule has 3 heteroatoms. The lowest BCUT2D eigenvalue weighted by molar-refractivity contribution is -0.126. The normalized spacial score (nSPS) is 19.7. The summed E-state index contributed by atoms with van der Waals surface area (Å²) in [4.78, 5) is 23.5. The molecule has 0 bridgehead atoms. The van der Waals surface area contributed by atoms with E-state index in [2.05, 4.69) is 0 Å². The van der Waals surface area contributed by atoms with Crippen LogP contribution in [0.25, 0.3) is 0 Å². The van der Waals surface area contributed by atoms with Crippen molar-refractivity contribution in [3.8, 4) is 0 Å². The number of esters is 1. The van der Waals surface area contributed by atoms with E-state index in [9.17, 15) is 9.59 Å². The van der Waals surface area contributed by atoms with E-state index in [4.69, 9.17) is 4.74 Å². The van der Waals surface area contributed by atoms with Gasteiger partial charge in [-0.15, -0.1) is 0 Å². The van der Waals surface area contributed by atoms with Gasteiger partial charge in [-0.2, -0.15) is 0 Å². The van der Waals surface area contributed by atoms with Gasteiger partial charge in [-0.1, -0.05) is 24.3 Å². The molecule has 2 rings (SSSR count). The first-order valence-electron chi connectivity index (χ1n) is 5.64. The third kappa shape index (κ3) is 2.61. The van der Waals surface area contributed by atoms with E-state index < -0.39 is 12.1 Å². The number of carbonyl (C=O) groups excluding carboxylic acids is 2. The van der Waals surface area contributed by atoms with Gasteiger partial charge in [0.2, 0.25) is 0 Å². The molecule has 0 aromatic heterocycles. The summed E-state index contributed by atoms with van der Waals surface area (Å²) in [6.45, 7) is 1.82. The molecule has 0 aliphatic heterocycles. The summed E-state index contributed by atoms with van der Waals surface area (Å²) in [5.74, 6) is -0.465. The number of Topliss-reactive ketones (excluding diaryl/α,β-unsaturated/α-hetero) is 1. The van der Waals surface area contributed by atoms with Gasteiger partial charge in [0.15, 0.2) is 11.9 Å². The van der Waals surface area contributed by atoms with Crippen molar-refractivity contribution in [1.82, 2.24) is 0 Å². The lowest BCUT2D eigenvalue weighted by Crippen LogP contribution is -2.30. The van der Waals surface area contributed by atoms with Gasteiger partial charge in [-0.05, 0) is 31.1 Å². The Bertz CT molecular complexity index is 460. The van der Waals surface area contributed by atoms with Crippen LogP contribution in [0.4, 0.5) is 0 Å². The van der Waals surface area contributed by atoms with Gasteiger partial charge >= 0.3 is 5.97 Å². The third-order valence-electron chi connectivity index (χ3n) is 2.80. The molecule has 88 valence electrons. The molecule has 1 aliphatic rings. The Morgan fingerprint density at radius 3 is 2.65 bits per heavy atom. The first kappa shape index (κ1) is 11.6. The number of ketones is 1. The fraction of sp³-hybridized carbons (Fsp3) is 0.286. The molecule has 17 heavy (non-hydrogen) atoms. The first-order valence-corrected chi connectivity index (χ1v) is 5.64. The molecule has 1 unspecified atom stereocenters. The quantitative estimate of drug-likeness (QED) is 0.579. The Kier molecular flexibility index (Phi) is 3.38. The lowest BCUT2D eigenvalue weighted by Gasteiger charge is -2.20. The average molecular weight is 230 g/mol. The molecule has 0 amide bonds. The van der Waals surface area contributed by atoms with Gasteiger partial charge in [0.1, 0.15) is 0 Å². The molecule has 0 heterocycles. The van der Waals surface area contributed by atoms with Gasteiger partial charge < -0.3 is 4.74 Å². The Morgan fingerprint density at radius 2 is 2.00 bits per heavy atom. The number of hydrogen-bond donors (Lipinski definition) is 0. The third-order valence-corrected chi connectivity index (χ3v) is 2.80. The summed E-state index contributed by atoms with van der Waals surface area (Å²) in [6, 6.07) is 8.71. The van der Waals surface area contributed by atoms with E-state index in [-0.39, 0.29) is 5.78 Å². The van der Waals surface area contributed by atoms with Crippen molar-refractivity contribution in [2.24, 2.45) is 0 Å². The Labute approximate surface area is 100 Å². The maximum atomic E-state index is 11.8. The molecule has 1 aromatic carbocycles. The van der Waals surface area contributed by atoms with Crippen LogP contribution in [0.15, 0.2) is 42.0 Å². The Hall–Kier alpha value is -1.90. The predicted molar refractivity (Wildman–Crippen MR) is 63.6 cm³/mol. The zero-order valence-corrected chi connectivity index (χ0v) is 9.68. The summed E-state index contributed by atoms with van der Waals surface area (Å²) in [5.41, 5.74) is 1.30. The molecule has 0 spiro atoms. The summed E-state index contributed by atoms with van der Waals surface area (Å²) >= 11 is 0. The van der Waals surface area contributed by atoms with Gasteiger partial charge in [0.25, 0.3) is 0 Å². The maximum absolute atomic E-state index is 11.8. The van der Waals surface area contributed by atoms with Crippen LogP contribution in [0.3, 0.4) is 0 Å². The fourth-order valence-electron chi connectivity index (χ4n) is 1.84. The number of carbonyl (C=O) groups is 2. The van der Waals surface area contributed by atoms with Crippen LogP contribution in [0.1, 0.15) is 30.1 Å². The van der Waals surface area contributed by atoms with Crippen LogP contribution >= 0.6 is 0 Å². The average Bonchev–Trinajstić information content (AvgIpc) is 2.35. The minimum Gasteiger partial charge on any atom is -0.446 e. The standard InChI is InChI=1S/C14H14O3/c1-10-6-5-9-12(15)13(10)17-14(16)11-7-3-2-4-8-11/h2-4,6-8,13H,5,9H2,1H3. The number of allylic oxidation sites excluding steroid dienone is 1. The summed E-state index contributed by atoms with van der Waals surface area (Å²) in [6.07, 6.45) is 2.44. The molecule has 1 atom stereocenters.